The van der Waals surface area contributed by atoms with E-state index >= 15 is 0 Å². The predicted molar refractivity (Wildman–Crippen MR) is 301 cm³/mol. The van der Waals surface area contributed by atoms with Gasteiger partial charge in [-0.1, -0.05) is 110 Å². The Morgan fingerprint density at radius 2 is 1.00 bits per heavy atom. The number of anilines is 1. The highest BCUT2D eigenvalue weighted by atomic mass is 16.3. The molecule has 3 aliphatic rings. The maximum Gasteiger partial charge on any atom is 0.252 e. The zero-order valence-corrected chi connectivity index (χ0v) is 46.9. The molecule has 9 aromatic heterocycles. The lowest BCUT2D eigenvalue weighted by molar-refractivity contribution is 0.351. The maximum atomic E-state index is 5.36. The van der Waals surface area contributed by atoms with Crippen LogP contribution < -0.4 is 5.32 Å². The summed E-state index contributed by atoms with van der Waals surface area (Å²) in [5.74, 6) is 6.02. The number of aryl methyl sites for hydroxylation is 6. The zero-order valence-electron chi connectivity index (χ0n) is 46.9. The van der Waals surface area contributed by atoms with E-state index in [4.69, 9.17) is 9.40 Å². The molecule has 3 fully saturated rings. The number of rotatable bonds is 11. The fourth-order valence-corrected chi connectivity index (χ4v) is 12.1. The van der Waals surface area contributed by atoms with Gasteiger partial charge in [0.25, 0.3) is 17.3 Å². The van der Waals surface area contributed by atoms with Crippen LogP contribution in [0.5, 0.6) is 0 Å². The molecule has 9 aromatic rings. The first-order chi connectivity index (χ1) is 37.1. The summed E-state index contributed by atoms with van der Waals surface area (Å²) in [4.78, 5) is 30.8. The lowest BCUT2D eigenvalue weighted by Crippen LogP contribution is -2.22. The van der Waals surface area contributed by atoms with Gasteiger partial charge in [-0.05, 0) is 139 Å². The van der Waals surface area contributed by atoms with Crippen molar-refractivity contribution in [2.75, 3.05) is 5.32 Å². The van der Waals surface area contributed by atoms with Crippen LogP contribution in [0.3, 0.4) is 0 Å². The van der Waals surface area contributed by atoms with Gasteiger partial charge in [-0.2, -0.15) is 30.2 Å². The van der Waals surface area contributed by atoms with E-state index in [-0.39, 0.29) is 0 Å². The third kappa shape index (κ3) is 13.0. The Morgan fingerprint density at radius 1 is 0.513 bits per heavy atom. The third-order valence-corrected chi connectivity index (χ3v) is 16.6. The number of fused-ring (bicyclic) bond motifs is 4. The van der Waals surface area contributed by atoms with Crippen LogP contribution in [0.1, 0.15) is 191 Å². The monoisotopic (exact) mass is 1030 g/mol. The standard InChI is InChI=1S/C17H25N3.2C15H22N4.C13H14N4O/c1-3-15-13(2)18-16-11-8-12-20(16)17(15)19-14-9-6-4-5-7-10-14;1-11-12(2)18-15-16-10-17-19(15)14(11)9-13-7-5-3-4-6-8-13;1-3-13-11(2)18-15-16-10-17-19(15)14(13)9-12-7-5-4-6-8-12;1-9-10(2)16-13-14-8-15-17(13)12(9)6-5-11-4-3-7-18-11/h8,11-12,14,19H,3-7,9-10H2,1-2H3;10,13H,3-9H2,1-2H3;10,12H,3-9H2,1-2H3;3-4,7-8H,5-6H2,1-2H3. The Labute approximate surface area is 449 Å². The molecule has 0 atom stereocenters. The molecule has 3 saturated carbocycles. The highest BCUT2D eigenvalue weighted by Crippen LogP contribution is 2.31. The second-order valence-electron chi connectivity index (χ2n) is 21.7. The van der Waals surface area contributed by atoms with Gasteiger partial charge in [-0.15, -0.1) is 0 Å². The molecule has 0 amide bonds. The molecule has 76 heavy (non-hydrogen) atoms. The van der Waals surface area contributed by atoms with Gasteiger partial charge in [-0.3, -0.25) is 4.40 Å². The first-order valence-electron chi connectivity index (χ1n) is 28.8. The van der Waals surface area contributed by atoms with Crippen molar-refractivity contribution in [1.82, 2.24) is 68.1 Å². The molecule has 404 valence electrons. The van der Waals surface area contributed by atoms with Crippen LogP contribution in [-0.4, -0.2) is 74.2 Å². The lowest BCUT2D eigenvalue weighted by Gasteiger charge is -2.23. The summed E-state index contributed by atoms with van der Waals surface area (Å²) in [6.07, 6.45) is 37.9. The van der Waals surface area contributed by atoms with E-state index in [1.807, 2.05) is 32.6 Å². The van der Waals surface area contributed by atoms with Gasteiger partial charge in [-0.25, -0.2) is 33.5 Å². The second-order valence-corrected chi connectivity index (χ2v) is 21.7. The number of furan rings is 1. The van der Waals surface area contributed by atoms with Crippen LogP contribution in [0.15, 0.2) is 60.1 Å². The molecule has 0 saturated heterocycles. The normalized spacial score (nSPS) is 15.9. The molecule has 0 aromatic carbocycles. The van der Waals surface area contributed by atoms with Gasteiger partial charge in [0.2, 0.25) is 0 Å². The first kappa shape index (κ1) is 54.2. The summed E-state index contributed by atoms with van der Waals surface area (Å²) >= 11 is 0. The molecule has 1 N–H and O–H groups in total. The van der Waals surface area contributed by atoms with E-state index in [2.05, 4.69) is 122 Å². The van der Waals surface area contributed by atoms with Crippen LogP contribution >= 0.6 is 0 Å². The minimum absolute atomic E-state index is 0.621. The van der Waals surface area contributed by atoms with Crippen molar-refractivity contribution in [3.8, 4) is 0 Å². The van der Waals surface area contributed by atoms with Crippen molar-refractivity contribution in [3.63, 3.8) is 0 Å². The molecule has 0 radical (unpaired) electrons. The van der Waals surface area contributed by atoms with Crippen molar-refractivity contribution in [1.29, 1.82) is 0 Å². The molecule has 0 aliphatic heterocycles. The Balaban J connectivity index is 0.000000124. The maximum absolute atomic E-state index is 5.36. The van der Waals surface area contributed by atoms with Crippen LogP contribution in [-0.2, 0) is 38.5 Å². The van der Waals surface area contributed by atoms with Crippen molar-refractivity contribution in [2.24, 2.45) is 11.8 Å². The van der Waals surface area contributed by atoms with E-state index < -0.39 is 0 Å². The smallest absolute Gasteiger partial charge is 0.252 e. The van der Waals surface area contributed by atoms with E-state index in [0.29, 0.717) is 11.8 Å². The molecular formula is C60H83N15O. The van der Waals surface area contributed by atoms with Crippen LogP contribution in [0.25, 0.3) is 23.0 Å². The van der Waals surface area contributed by atoms with Gasteiger partial charge >= 0.3 is 0 Å². The fourth-order valence-electron chi connectivity index (χ4n) is 12.1. The Kier molecular flexibility index (Phi) is 18.5. The Morgan fingerprint density at radius 3 is 1.55 bits per heavy atom. The van der Waals surface area contributed by atoms with Crippen LogP contribution in [0.4, 0.5) is 5.82 Å². The molecule has 9 heterocycles. The van der Waals surface area contributed by atoms with Crippen molar-refractivity contribution in [3.05, 3.63) is 124 Å². The topological polar surface area (TPSA) is 172 Å². The van der Waals surface area contributed by atoms with Crippen molar-refractivity contribution in [2.45, 2.75) is 209 Å². The Hall–Kier alpha value is -6.58. The molecule has 12 rings (SSSR count). The average Bonchev–Trinajstić information content (AvgIpc) is 4.30. The quantitative estimate of drug-likeness (QED) is 0.122. The second kappa shape index (κ2) is 26.0. The van der Waals surface area contributed by atoms with E-state index in [9.17, 15) is 0 Å². The predicted octanol–water partition coefficient (Wildman–Crippen LogP) is 12.8. The van der Waals surface area contributed by atoms with Gasteiger partial charge in [0.1, 0.15) is 36.2 Å². The van der Waals surface area contributed by atoms with E-state index in [1.54, 1.807) is 18.9 Å². The number of nitrogens with one attached hydrogen (secondary N) is 1. The highest BCUT2D eigenvalue weighted by Gasteiger charge is 2.22. The number of aromatic nitrogens is 14. The van der Waals surface area contributed by atoms with Crippen LogP contribution in [0, 0.1) is 53.4 Å². The minimum atomic E-state index is 0.621. The summed E-state index contributed by atoms with van der Waals surface area (Å²) in [7, 11) is 0. The zero-order chi connectivity index (χ0) is 53.0. The van der Waals surface area contributed by atoms with E-state index in [1.165, 1.54) is 155 Å². The molecule has 16 heteroatoms. The third-order valence-electron chi connectivity index (χ3n) is 16.6. The van der Waals surface area contributed by atoms with E-state index in [0.717, 1.165) is 102 Å². The molecule has 0 unspecified atom stereocenters. The van der Waals surface area contributed by atoms with Gasteiger partial charge in [0.15, 0.2) is 0 Å². The molecule has 0 spiro atoms. The summed E-state index contributed by atoms with van der Waals surface area (Å²) < 4.78 is 13.3. The molecule has 0 bridgehead atoms. The molecule has 16 nitrogen and oxygen atoms in total. The van der Waals surface area contributed by atoms with Crippen molar-refractivity contribution >= 4 is 28.8 Å². The minimum Gasteiger partial charge on any atom is -0.469 e. The summed E-state index contributed by atoms with van der Waals surface area (Å²) in [5.41, 5.74) is 14.4. The molecule has 3 aliphatic carbocycles. The summed E-state index contributed by atoms with van der Waals surface area (Å²) in [5, 5.41) is 16.8. The Bertz CT molecular complexity index is 3250. The van der Waals surface area contributed by atoms with Gasteiger partial charge in [0.05, 0.1) is 23.3 Å². The average molecular weight is 1030 g/mol. The largest absolute Gasteiger partial charge is 0.469 e. The first-order valence-corrected chi connectivity index (χ1v) is 28.8. The van der Waals surface area contributed by atoms with Gasteiger partial charge in [0, 0.05) is 47.0 Å². The van der Waals surface area contributed by atoms with Crippen LogP contribution in [0.2, 0.25) is 0 Å². The lowest BCUT2D eigenvalue weighted by atomic mass is 9.85. The number of nitrogens with zero attached hydrogens (tertiary/aromatic N) is 14. The fraction of sp³-hybridized carbons (Fsp3) is 0.567. The summed E-state index contributed by atoms with van der Waals surface area (Å²) in [6, 6.07) is 8.69. The molecular weight excluding hydrogens is 947 g/mol. The number of hydrogen-bond donors (Lipinski definition) is 1. The number of hydrogen-bond acceptors (Lipinski definition) is 12. The van der Waals surface area contributed by atoms with Gasteiger partial charge < -0.3 is 9.73 Å². The van der Waals surface area contributed by atoms with Crippen molar-refractivity contribution < 1.29 is 4.42 Å². The highest BCUT2D eigenvalue weighted by molar-refractivity contribution is 5.57. The SMILES string of the molecule is CCc1c(C)nc2cccn2c1NC1CCCCCC1.CCc1c(C)nc2ncnn2c1CC1CCCCC1.Cc1nc2ncnn2c(CC2CCCCCC2)c1C.Cc1nc2ncnn2c(CCc2ccco2)c1C. The summed E-state index contributed by atoms with van der Waals surface area (Å²) in [6.45, 7) is 17.0.